The van der Waals surface area contributed by atoms with Crippen molar-refractivity contribution in [2.24, 2.45) is 5.92 Å². The zero-order chi connectivity index (χ0) is 14.4. The number of benzene rings is 1. The van der Waals surface area contributed by atoms with Gasteiger partial charge in [-0.05, 0) is 63.1 Å². The molecule has 0 amide bonds. The fourth-order valence-electron chi connectivity index (χ4n) is 3.25. The van der Waals surface area contributed by atoms with Crippen LogP contribution in [0.5, 0.6) is 5.75 Å². The maximum absolute atomic E-state index is 5.76. The summed E-state index contributed by atoms with van der Waals surface area (Å²) in [5, 5.41) is 3.70. The van der Waals surface area contributed by atoms with Gasteiger partial charge in [-0.25, -0.2) is 0 Å². The van der Waals surface area contributed by atoms with E-state index < -0.39 is 0 Å². The summed E-state index contributed by atoms with van der Waals surface area (Å²) in [7, 11) is 0. The molecule has 1 aromatic rings. The summed E-state index contributed by atoms with van der Waals surface area (Å²) in [6, 6.07) is 7.07. The summed E-state index contributed by atoms with van der Waals surface area (Å²) < 4.78 is 5.76. The van der Waals surface area contributed by atoms with Crippen molar-refractivity contribution in [3.05, 3.63) is 23.8 Å². The Morgan fingerprint density at radius 2 is 1.90 bits per heavy atom. The first-order valence-electron chi connectivity index (χ1n) is 8.22. The van der Waals surface area contributed by atoms with Crippen molar-refractivity contribution in [2.75, 3.05) is 11.9 Å². The van der Waals surface area contributed by atoms with Crippen LogP contribution in [0.15, 0.2) is 18.2 Å². The van der Waals surface area contributed by atoms with Gasteiger partial charge in [0.15, 0.2) is 0 Å². The maximum Gasteiger partial charge on any atom is 0.142 e. The molecule has 20 heavy (non-hydrogen) atoms. The number of aryl methyl sites for hydroxylation is 1. The van der Waals surface area contributed by atoms with Crippen molar-refractivity contribution in [1.82, 2.24) is 0 Å². The molecule has 0 unspecified atom stereocenters. The Kier molecular flexibility index (Phi) is 5.75. The molecule has 1 aliphatic rings. The van der Waals surface area contributed by atoms with Crippen molar-refractivity contribution in [3.63, 3.8) is 0 Å². The van der Waals surface area contributed by atoms with Crippen molar-refractivity contribution in [1.29, 1.82) is 0 Å². The molecule has 1 aliphatic carbocycles. The van der Waals surface area contributed by atoms with Crippen LogP contribution in [-0.2, 0) is 0 Å². The van der Waals surface area contributed by atoms with Gasteiger partial charge in [0.05, 0.1) is 12.3 Å². The predicted octanol–water partition coefficient (Wildman–Crippen LogP) is 5.16. The van der Waals surface area contributed by atoms with Gasteiger partial charge in [-0.2, -0.15) is 0 Å². The largest absolute Gasteiger partial charge is 0.492 e. The molecule has 0 bridgehead atoms. The highest BCUT2D eigenvalue weighted by molar-refractivity contribution is 5.58. The normalized spacial score (nSPS) is 22.6. The maximum atomic E-state index is 5.76. The molecule has 2 heteroatoms. The molecular formula is C18H29NO. The minimum atomic E-state index is 0.616. The highest BCUT2D eigenvalue weighted by Gasteiger charge is 2.21. The molecule has 0 spiro atoms. The second-order valence-corrected chi connectivity index (χ2v) is 6.08. The number of rotatable bonds is 6. The van der Waals surface area contributed by atoms with Crippen LogP contribution in [0.3, 0.4) is 0 Å². The molecule has 0 aromatic heterocycles. The average molecular weight is 275 g/mol. The highest BCUT2D eigenvalue weighted by atomic mass is 16.5. The topological polar surface area (TPSA) is 21.3 Å². The zero-order valence-electron chi connectivity index (χ0n) is 13.2. The molecule has 0 heterocycles. The number of ether oxygens (including phenoxy) is 1. The predicted molar refractivity (Wildman–Crippen MR) is 86.6 cm³/mol. The second-order valence-electron chi connectivity index (χ2n) is 6.08. The Labute approximate surface area is 123 Å². The van der Waals surface area contributed by atoms with Crippen LogP contribution in [0, 0.1) is 12.8 Å². The fraction of sp³-hybridized carbons (Fsp3) is 0.667. The second kappa shape index (κ2) is 7.56. The van der Waals surface area contributed by atoms with E-state index in [9.17, 15) is 0 Å². The molecule has 2 nitrogen and oxygen atoms in total. The zero-order valence-corrected chi connectivity index (χ0v) is 13.2. The number of hydrogen-bond acceptors (Lipinski definition) is 2. The molecule has 1 saturated carbocycles. The molecular weight excluding hydrogens is 246 g/mol. The number of nitrogens with one attached hydrogen (secondary N) is 1. The lowest BCUT2D eigenvalue weighted by molar-refractivity contribution is 0.316. The van der Waals surface area contributed by atoms with Crippen LogP contribution in [0.25, 0.3) is 0 Å². The van der Waals surface area contributed by atoms with Crippen molar-refractivity contribution < 1.29 is 4.74 Å². The summed E-state index contributed by atoms with van der Waals surface area (Å²) in [4.78, 5) is 0. The SMILES string of the molecule is CCCC1CCC(Nc2ccc(C)cc2OCC)CC1. The Morgan fingerprint density at radius 3 is 2.55 bits per heavy atom. The van der Waals surface area contributed by atoms with Gasteiger partial charge in [-0.3, -0.25) is 0 Å². The first-order chi connectivity index (χ1) is 9.72. The van der Waals surface area contributed by atoms with E-state index >= 15 is 0 Å². The standard InChI is InChI=1S/C18H29NO/c1-4-6-15-8-10-16(11-9-15)19-17-12-7-14(3)13-18(17)20-5-2/h7,12-13,15-16,19H,4-6,8-11H2,1-3H3. The Hall–Kier alpha value is -1.18. The van der Waals surface area contributed by atoms with Crippen LogP contribution >= 0.6 is 0 Å². The first kappa shape index (κ1) is 15.2. The van der Waals surface area contributed by atoms with E-state index in [-0.39, 0.29) is 0 Å². The smallest absolute Gasteiger partial charge is 0.142 e. The third kappa shape index (κ3) is 4.16. The highest BCUT2D eigenvalue weighted by Crippen LogP contribution is 2.32. The Morgan fingerprint density at radius 1 is 1.15 bits per heavy atom. The average Bonchev–Trinajstić information content (AvgIpc) is 2.44. The molecule has 1 aromatic carbocycles. The monoisotopic (exact) mass is 275 g/mol. The van der Waals surface area contributed by atoms with E-state index in [0.29, 0.717) is 6.04 Å². The minimum absolute atomic E-state index is 0.616. The van der Waals surface area contributed by atoms with Gasteiger partial charge in [0.1, 0.15) is 5.75 Å². The fourth-order valence-corrected chi connectivity index (χ4v) is 3.25. The quantitative estimate of drug-likeness (QED) is 0.773. The molecule has 1 N–H and O–H groups in total. The van der Waals surface area contributed by atoms with E-state index in [1.54, 1.807) is 0 Å². The first-order valence-corrected chi connectivity index (χ1v) is 8.22. The lowest BCUT2D eigenvalue weighted by Crippen LogP contribution is -2.26. The molecule has 0 saturated heterocycles. The Bertz CT molecular complexity index is 408. The van der Waals surface area contributed by atoms with Gasteiger partial charge in [0.25, 0.3) is 0 Å². The lowest BCUT2D eigenvalue weighted by atomic mass is 9.83. The number of anilines is 1. The van der Waals surface area contributed by atoms with Gasteiger partial charge in [0.2, 0.25) is 0 Å². The van der Waals surface area contributed by atoms with Gasteiger partial charge in [0, 0.05) is 6.04 Å². The van der Waals surface area contributed by atoms with E-state index in [0.717, 1.165) is 24.0 Å². The summed E-state index contributed by atoms with van der Waals surface area (Å²) in [5.74, 6) is 1.96. The van der Waals surface area contributed by atoms with Gasteiger partial charge in [-0.15, -0.1) is 0 Å². The van der Waals surface area contributed by atoms with E-state index in [4.69, 9.17) is 4.74 Å². The van der Waals surface area contributed by atoms with E-state index in [1.807, 2.05) is 6.92 Å². The summed E-state index contributed by atoms with van der Waals surface area (Å²) in [6.07, 6.45) is 8.08. The van der Waals surface area contributed by atoms with Crippen LogP contribution in [0.4, 0.5) is 5.69 Å². The molecule has 1 fully saturated rings. The summed E-state index contributed by atoms with van der Waals surface area (Å²) in [5.41, 5.74) is 2.42. The summed E-state index contributed by atoms with van der Waals surface area (Å²) in [6.45, 7) is 7.18. The van der Waals surface area contributed by atoms with E-state index in [1.165, 1.54) is 44.1 Å². The third-order valence-electron chi connectivity index (χ3n) is 4.34. The van der Waals surface area contributed by atoms with Gasteiger partial charge < -0.3 is 10.1 Å². The van der Waals surface area contributed by atoms with Crippen LogP contribution in [-0.4, -0.2) is 12.6 Å². The van der Waals surface area contributed by atoms with Gasteiger partial charge in [-0.1, -0.05) is 25.8 Å². The summed E-state index contributed by atoms with van der Waals surface area (Å²) >= 11 is 0. The molecule has 0 radical (unpaired) electrons. The molecule has 0 atom stereocenters. The third-order valence-corrected chi connectivity index (χ3v) is 4.34. The Balaban J connectivity index is 1.93. The van der Waals surface area contributed by atoms with Crippen LogP contribution < -0.4 is 10.1 Å². The van der Waals surface area contributed by atoms with Crippen molar-refractivity contribution in [3.8, 4) is 5.75 Å². The lowest BCUT2D eigenvalue weighted by Gasteiger charge is -2.30. The van der Waals surface area contributed by atoms with Crippen LogP contribution in [0.2, 0.25) is 0 Å². The minimum Gasteiger partial charge on any atom is -0.492 e. The number of hydrogen-bond donors (Lipinski definition) is 1. The molecule has 0 aliphatic heterocycles. The van der Waals surface area contributed by atoms with Crippen LogP contribution in [0.1, 0.15) is 57.9 Å². The molecule has 112 valence electrons. The van der Waals surface area contributed by atoms with Crippen molar-refractivity contribution >= 4 is 5.69 Å². The van der Waals surface area contributed by atoms with Crippen molar-refractivity contribution in [2.45, 2.75) is 65.3 Å². The molecule has 2 rings (SSSR count). The van der Waals surface area contributed by atoms with E-state index in [2.05, 4.69) is 37.4 Å². The van der Waals surface area contributed by atoms with Gasteiger partial charge >= 0.3 is 0 Å².